The highest BCUT2D eigenvalue weighted by molar-refractivity contribution is 7.45. The fourth-order valence-electron chi connectivity index (χ4n) is 11.0. The van der Waals surface area contributed by atoms with Gasteiger partial charge >= 0.3 is 11.9 Å². The minimum atomic E-state index is -4.63. The molecule has 0 radical (unpaired) electrons. The van der Waals surface area contributed by atoms with Gasteiger partial charge in [0.1, 0.15) is 19.8 Å². The first-order valence-electron chi connectivity index (χ1n) is 35.9. The van der Waals surface area contributed by atoms with Crippen LogP contribution in [0.2, 0.25) is 0 Å². The Morgan fingerprint density at radius 2 is 0.630 bits per heavy atom. The molecule has 0 aromatic rings. The van der Waals surface area contributed by atoms with Crippen LogP contribution >= 0.6 is 7.82 Å². The van der Waals surface area contributed by atoms with E-state index in [-0.39, 0.29) is 32.0 Å². The lowest BCUT2D eigenvalue weighted by molar-refractivity contribution is -0.870. The van der Waals surface area contributed by atoms with Crippen molar-refractivity contribution < 1.29 is 42.1 Å². The minimum Gasteiger partial charge on any atom is -0.756 e. The molecule has 0 saturated carbocycles. The third-order valence-corrected chi connectivity index (χ3v) is 17.5. The smallest absolute Gasteiger partial charge is 0.306 e. The topological polar surface area (TPSA) is 111 Å². The van der Waals surface area contributed by atoms with E-state index in [0.717, 1.165) is 32.1 Å². The van der Waals surface area contributed by atoms with E-state index < -0.39 is 26.5 Å². The molecular formula is C71H140NO8P. The lowest BCUT2D eigenvalue weighted by atomic mass is 10.0. The quantitative estimate of drug-likeness (QED) is 0.0195. The van der Waals surface area contributed by atoms with Crippen molar-refractivity contribution in [2.75, 3.05) is 47.5 Å². The minimum absolute atomic E-state index is 0.0256. The number of carbonyl (C=O) groups excluding carboxylic acids is 2. The Hall–Kier alpha value is -1.25. The van der Waals surface area contributed by atoms with Gasteiger partial charge in [-0.25, -0.2) is 0 Å². The number of phosphoric acid groups is 1. The third kappa shape index (κ3) is 67.7. The SMILES string of the molecule is CCCCCCCCCC/C=C\CCCCCCCCCCCCCCCCCCCCCCCCCCCCCCCC(=O)OC(COC(=O)CCCCCCCCCCCCCCCCCC)COP(=O)([O-])OCC[N+](C)(C)C. The summed E-state index contributed by atoms with van der Waals surface area (Å²) in [5.41, 5.74) is 0. The summed E-state index contributed by atoms with van der Waals surface area (Å²) in [5.74, 6) is -0.808. The second-order valence-corrected chi connectivity index (χ2v) is 27.4. The zero-order valence-electron chi connectivity index (χ0n) is 55.0. The molecule has 2 atom stereocenters. The summed E-state index contributed by atoms with van der Waals surface area (Å²) in [6, 6.07) is 0. The second kappa shape index (κ2) is 63.3. The first-order chi connectivity index (χ1) is 39.5. The molecule has 0 aliphatic heterocycles. The summed E-state index contributed by atoms with van der Waals surface area (Å²) < 4.78 is 34.3. The van der Waals surface area contributed by atoms with Crippen molar-refractivity contribution in [3.63, 3.8) is 0 Å². The highest BCUT2D eigenvalue weighted by Crippen LogP contribution is 2.38. The Kier molecular flexibility index (Phi) is 62.3. The van der Waals surface area contributed by atoms with Crippen LogP contribution in [0.3, 0.4) is 0 Å². The van der Waals surface area contributed by atoms with Crippen LogP contribution in [0.4, 0.5) is 0 Å². The average Bonchev–Trinajstić information content (AvgIpc) is 3.43. The second-order valence-electron chi connectivity index (χ2n) is 26.0. The number of unbranched alkanes of at least 4 members (excludes halogenated alkanes) is 52. The largest absolute Gasteiger partial charge is 0.756 e. The average molecular weight is 1170 g/mol. The van der Waals surface area contributed by atoms with Crippen LogP contribution in [0.15, 0.2) is 12.2 Å². The number of quaternary nitrogens is 1. The van der Waals surface area contributed by atoms with Crippen molar-refractivity contribution in [3.8, 4) is 0 Å². The number of allylic oxidation sites excluding steroid dienone is 2. The molecule has 9 nitrogen and oxygen atoms in total. The lowest BCUT2D eigenvalue weighted by Crippen LogP contribution is -2.37. The van der Waals surface area contributed by atoms with E-state index in [1.165, 1.54) is 315 Å². The number of carbonyl (C=O) groups is 2. The van der Waals surface area contributed by atoms with Gasteiger partial charge in [-0.05, 0) is 38.5 Å². The molecule has 0 spiro atoms. The molecule has 0 heterocycles. The zero-order valence-corrected chi connectivity index (χ0v) is 55.9. The molecule has 0 aliphatic rings. The van der Waals surface area contributed by atoms with Gasteiger partial charge in [0.05, 0.1) is 27.7 Å². The van der Waals surface area contributed by atoms with Crippen molar-refractivity contribution >= 4 is 19.8 Å². The van der Waals surface area contributed by atoms with E-state index in [1.807, 2.05) is 21.1 Å². The molecule has 0 fully saturated rings. The maximum atomic E-state index is 12.8. The molecule has 482 valence electrons. The lowest BCUT2D eigenvalue weighted by Gasteiger charge is -2.28. The number of nitrogens with zero attached hydrogens (tertiary/aromatic N) is 1. The van der Waals surface area contributed by atoms with Crippen LogP contribution in [-0.4, -0.2) is 70.0 Å². The number of likely N-dealkylation sites (N-methyl/N-ethyl adjacent to an activating group) is 1. The number of esters is 2. The molecule has 2 unspecified atom stereocenters. The molecule has 0 saturated heterocycles. The Morgan fingerprint density at radius 3 is 0.914 bits per heavy atom. The highest BCUT2D eigenvalue weighted by atomic mass is 31.2. The molecular weight excluding hydrogens is 1030 g/mol. The monoisotopic (exact) mass is 1170 g/mol. The van der Waals surface area contributed by atoms with Crippen molar-refractivity contribution in [3.05, 3.63) is 12.2 Å². The Bertz CT molecular complexity index is 1370. The summed E-state index contributed by atoms with van der Waals surface area (Å²) >= 11 is 0. The number of hydrogen-bond acceptors (Lipinski definition) is 8. The Morgan fingerprint density at radius 1 is 0.370 bits per heavy atom. The number of rotatable bonds is 68. The number of phosphoric ester groups is 1. The highest BCUT2D eigenvalue weighted by Gasteiger charge is 2.22. The van der Waals surface area contributed by atoms with E-state index in [1.54, 1.807) is 0 Å². The van der Waals surface area contributed by atoms with Crippen LogP contribution in [0, 0.1) is 0 Å². The van der Waals surface area contributed by atoms with E-state index >= 15 is 0 Å². The predicted octanol–water partition coefficient (Wildman–Crippen LogP) is 22.5. The van der Waals surface area contributed by atoms with E-state index in [0.29, 0.717) is 17.4 Å². The van der Waals surface area contributed by atoms with Crippen molar-refractivity contribution in [2.24, 2.45) is 0 Å². The van der Waals surface area contributed by atoms with Gasteiger partial charge in [0.15, 0.2) is 6.10 Å². The summed E-state index contributed by atoms with van der Waals surface area (Å²) in [6.45, 7) is 4.31. The molecule has 0 aliphatic carbocycles. The summed E-state index contributed by atoms with van der Waals surface area (Å²) in [5, 5.41) is 0. The summed E-state index contributed by atoms with van der Waals surface area (Å²) in [7, 11) is 1.19. The fraction of sp³-hybridized carbons (Fsp3) is 0.944. The normalized spacial score (nSPS) is 13.1. The van der Waals surface area contributed by atoms with Gasteiger partial charge in [-0.1, -0.05) is 341 Å². The van der Waals surface area contributed by atoms with E-state index in [9.17, 15) is 19.0 Å². The van der Waals surface area contributed by atoms with Gasteiger partial charge in [0, 0.05) is 12.8 Å². The Labute approximate surface area is 505 Å². The van der Waals surface area contributed by atoms with Crippen LogP contribution in [0.1, 0.15) is 380 Å². The van der Waals surface area contributed by atoms with Crippen LogP contribution in [0.5, 0.6) is 0 Å². The molecule has 0 N–H and O–H groups in total. The number of ether oxygens (including phenoxy) is 2. The summed E-state index contributed by atoms with van der Waals surface area (Å²) in [4.78, 5) is 37.9. The maximum Gasteiger partial charge on any atom is 0.306 e. The molecule has 0 bridgehead atoms. The predicted molar refractivity (Wildman–Crippen MR) is 347 cm³/mol. The number of hydrogen-bond donors (Lipinski definition) is 0. The molecule has 10 heteroatoms. The van der Waals surface area contributed by atoms with Crippen molar-refractivity contribution in [2.45, 2.75) is 386 Å². The van der Waals surface area contributed by atoms with Crippen molar-refractivity contribution in [1.82, 2.24) is 0 Å². The first kappa shape index (κ1) is 79.8. The third-order valence-electron chi connectivity index (χ3n) is 16.5. The van der Waals surface area contributed by atoms with Crippen LogP contribution < -0.4 is 4.89 Å². The fourth-order valence-corrected chi connectivity index (χ4v) is 11.7. The zero-order chi connectivity index (χ0) is 59.1. The first-order valence-corrected chi connectivity index (χ1v) is 37.4. The van der Waals surface area contributed by atoms with Crippen molar-refractivity contribution in [1.29, 1.82) is 0 Å². The van der Waals surface area contributed by atoms with Crippen LogP contribution in [0.25, 0.3) is 0 Å². The molecule has 0 aromatic carbocycles. The van der Waals surface area contributed by atoms with Gasteiger partial charge in [-0.3, -0.25) is 14.2 Å². The molecule has 0 aromatic heterocycles. The van der Waals surface area contributed by atoms with E-state index in [4.69, 9.17) is 18.5 Å². The molecule has 0 amide bonds. The Balaban J connectivity index is 3.82. The van der Waals surface area contributed by atoms with Crippen LogP contribution in [-0.2, 0) is 32.7 Å². The maximum absolute atomic E-state index is 12.8. The van der Waals surface area contributed by atoms with E-state index in [2.05, 4.69) is 26.0 Å². The standard InChI is InChI=1S/C71H140NO8P/c1-6-8-10-12-14-16-18-20-22-24-25-26-27-28-29-30-31-32-33-34-35-36-37-38-39-40-41-42-43-44-45-46-47-48-50-52-54-56-58-60-62-64-71(74)80-69(68-79-81(75,76)78-66-65-72(3,4)5)67-77-70(73)63-61-59-57-55-53-51-49-23-21-19-17-15-13-11-9-7-2/h24-25,69H,6-23,26-68H2,1-5H3/b25-24-. The molecule has 81 heavy (non-hydrogen) atoms. The summed E-state index contributed by atoms with van der Waals surface area (Å²) in [6.07, 6.45) is 77.6. The molecule has 0 rings (SSSR count). The van der Waals surface area contributed by atoms with Gasteiger partial charge in [-0.15, -0.1) is 0 Å². The van der Waals surface area contributed by atoms with Gasteiger partial charge in [0.2, 0.25) is 0 Å². The van der Waals surface area contributed by atoms with Gasteiger partial charge in [-0.2, -0.15) is 0 Å². The van der Waals surface area contributed by atoms with Gasteiger partial charge < -0.3 is 27.9 Å². The van der Waals surface area contributed by atoms with Gasteiger partial charge in [0.25, 0.3) is 7.82 Å².